The van der Waals surface area contributed by atoms with Crippen LogP contribution in [0.5, 0.6) is 0 Å². The molecule has 6 nitrogen and oxygen atoms in total. The Morgan fingerprint density at radius 3 is 2.76 bits per heavy atom. The topological polar surface area (TPSA) is 58.3 Å². The fraction of sp³-hybridized carbons (Fsp3) is 0.389. The molecule has 4 heterocycles. The normalized spacial score (nSPS) is 16.4. The van der Waals surface area contributed by atoms with E-state index >= 15 is 0 Å². The van der Waals surface area contributed by atoms with E-state index in [9.17, 15) is 0 Å². The number of anilines is 1. The smallest absolute Gasteiger partial charge is 0.241 e. The fourth-order valence-corrected chi connectivity index (χ4v) is 3.85. The van der Waals surface area contributed by atoms with Crippen molar-refractivity contribution in [2.75, 3.05) is 24.7 Å². The molecule has 1 fully saturated rings. The maximum absolute atomic E-state index is 4.74. The summed E-state index contributed by atoms with van der Waals surface area (Å²) >= 11 is 1.82. The molecule has 3 aromatic heterocycles. The van der Waals surface area contributed by atoms with Crippen molar-refractivity contribution in [2.24, 2.45) is 0 Å². The van der Waals surface area contributed by atoms with Gasteiger partial charge in [-0.2, -0.15) is 0 Å². The average molecular weight is 354 g/mol. The second-order valence-corrected chi connectivity index (χ2v) is 7.22. The first-order valence-corrected chi connectivity index (χ1v) is 9.75. The van der Waals surface area contributed by atoms with Gasteiger partial charge in [-0.15, -0.1) is 5.10 Å². The highest BCUT2D eigenvalue weighted by molar-refractivity contribution is 7.96. The highest BCUT2D eigenvalue weighted by Gasteiger charge is 2.20. The van der Waals surface area contributed by atoms with E-state index in [1.165, 1.54) is 0 Å². The Morgan fingerprint density at radius 2 is 2.04 bits per heavy atom. The largest absolute Gasteiger partial charge is 0.350 e. The number of pyridine rings is 1. The van der Waals surface area contributed by atoms with E-state index in [4.69, 9.17) is 5.10 Å². The fourth-order valence-electron chi connectivity index (χ4n) is 3.27. The van der Waals surface area contributed by atoms with Gasteiger partial charge in [0.1, 0.15) is 0 Å². The summed E-state index contributed by atoms with van der Waals surface area (Å²) in [6.45, 7) is 4.28. The minimum Gasteiger partial charge on any atom is -0.350 e. The minimum absolute atomic E-state index is 0.427. The predicted octanol–water partition coefficient (Wildman–Crippen LogP) is 3.25. The maximum Gasteiger partial charge on any atom is 0.241 e. The summed E-state index contributed by atoms with van der Waals surface area (Å²) in [5.41, 5.74) is 4.09. The van der Waals surface area contributed by atoms with Crippen LogP contribution in [-0.2, 0) is 0 Å². The van der Waals surface area contributed by atoms with Crippen LogP contribution in [0, 0.1) is 6.92 Å². The van der Waals surface area contributed by atoms with Crippen LogP contribution in [-0.4, -0.2) is 49.3 Å². The highest BCUT2D eigenvalue weighted by Crippen LogP contribution is 2.24. The molecule has 0 unspecified atom stereocenters. The van der Waals surface area contributed by atoms with E-state index in [0.29, 0.717) is 12.0 Å². The van der Waals surface area contributed by atoms with Crippen molar-refractivity contribution in [3.05, 3.63) is 42.2 Å². The lowest BCUT2D eigenvalue weighted by Crippen LogP contribution is -2.35. The van der Waals surface area contributed by atoms with E-state index in [1.54, 1.807) is 0 Å². The molecule has 4 rings (SSSR count). The van der Waals surface area contributed by atoms with Gasteiger partial charge in [-0.05, 0) is 49.8 Å². The van der Waals surface area contributed by atoms with Crippen LogP contribution < -0.4 is 5.32 Å². The summed E-state index contributed by atoms with van der Waals surface area (Å²) in [6, 6.07) is 8.48. The number of hydrogen-bond donors (Lipinski definition) is 1. The molecular formula is C18H22N6S. The highest BCUT2D eigenvalue weighted by atomic mass is 32.2. The Bertz CT molecular complexity index is 855. The molecule has 130 valence electrons. The summed E-state index contributed by atoms with van der Waals surface area (Å²) in [7, 11) is 0. The van der Waals surface area contributed by atoms with Crippen LogP contribution in [0.15, 0.2) is 36.7 Å². The molecule has 1 N–H and O–H groups in total. The zero-order valence-corrected chi connectivity index (χ0v) is 15.3. The van der Waals surface area contributed by atoms with Crippen molar-refractivity contribution in [1.29, 1.82) is 0 Å². The minimum atomic E-state index is 0.427. The number of aromatic nitrogens is 4. The molecule has 1 aliphatic heterocycles. The second-order valence-electron chi connectivity index (χ2n) is 6.34. The summed E-state index contributed by atoms with van der Waals surface area (Å²) in [4.78, 5) is 8.99. The molecule has 0 saturated carbocycles. The average Bonchev–Trinajstić information content (AvgIpc) is 2.99. The monoisotopic (exact) mass is 354 g/mol. The number of hydrogen-bond acceptors (Lipinski definition) is 6. The molecule has 0 bridgehead atoms. The standard InChI is InChI=1S/C18H22N6S/c1-13-11-16(15-5-3-4-8-19-15)24-17(13)12-20-18(22-24)21-14-6-9-23(25-2)10-7-14/h3-5,8,11-12,14H,6-7,9-10H2,1-2H3,(H,21,22). The van der Waals surface area contributed by atoms with Crippen molar-refractivity contribution in [1.82, 2.24) is 23.9 Å². The molecule has 0 amide bonds. The molecule has 0 radical (unpaired) electrons. The van der Waals surface area contributed by atoms with E-state index in [1.807, 2.05) is 47.1 Å². The SMILES string of the molecule is CSN1CCC(Nc2ncc3c(C)cc(-c4ccccn4)n3n2)CC1. The lowest BCUT2D eigenvalue weighted by molar-refractivity contribution is 0.358. The molecule has 0 atom stereocenters. The van der Waals surface area contributed by atoms with Crippen LogP contribution in [0.25, 0.3) is 16.9 Å². The van der Waals surface area contributed by atoms with E-state index in [0.717, 1.165) is 48.4 Å². The summed E-state index contributed by atoms with van der Waals surface area (Å²) in [5, 5.41) is 8.25. The van der Waals surface area contributed by atoms with Gasteiger partial charge in [0.05, 0.1) is 23.1 Å². The van der Waals surface area contributed by atoms with Crippen molar-refractivity contribution in [2.45, 2.75) is 25.8 Å². The van der Waals surface area contributed by atoms with Gasteiger partial charge in [-0.1, -0.05) is 18.0 Å². The van der Waals surface area contributed by atoms with Crippen LogP contribution >= 0.6 is 11.9 Å². The van der Waals surface area contributed by atoms with Gasteiger partial charge in [0, 0.05) is 25.3 Å². The van der Waals surface area contributed by atoms with Gasteiger partial charge in [-0.3, -0.25) is 9.29 Å². The zero-order chi connectivity index (χ0) is 17.2. The van der Waals surface area contributed by atoms with Crippen molar-refractivity contribution >= 4 is 23.4 Å². The van der Waals surface area contributed by atoms with Gasteiger partial charge >= 0.3 is 0 Å². The van der Waals surface area contributed by atoms with Gasteiger partial charge < -0.3 is 5.32 Å². The molecule has 0 aromatic carbocycles. The number of fused-ring (bicyclic) bond motifs is 1. The van der Waals surface area contributed by atoms with Crippen LogP contribution in [0.4, 0.5) is 5.95 Å². The number of rotatable bonds is 4. The van der Waals surface area contributed by atoms with Crippen molar-refractivity contribution in [3.8, 4) is 11.4 Å². The molecule has 1 aliphatic rings. The molecule has 3 aromatic rings. The Hall–Kier alpha value is -2.12. The lowest BCUT2D eigenvalue weighted by atomic mass is 10.1. The molecule has 0 spiro atoms. The van der Waals surface area contributed by atoms with E-state index < -0.39 is 0 Å². The summed E-state index contributed by atoms with van der Waals surface area (Å²) < 4.78 is 4.35. The van der Waals surface area contributed by atoms with Crippen molar-refractivity contribution < 1.29 is 0 Å². The van der Waals surface area contributed by atoms with Crippen LogP contribution in [0.1, 0.15) is 18.4 Å². The van der Waals surface area contributed by atoms with Gasteiger partial charge in [-0.25, -0.2) is 9.50 Å². The lowest BCUT2D eigenvalue weighted by Gasteiger charge is -2.30. The predicted molar refractivity (Wildman–Crippen MR) is 103 cm³/mol. The third-order valence-corrected chi connectivity index (χ3v) is 5.57. The van der Waals surface area contributed by atoms with Gasteiger partial charge in [0.15, 0.2) is 0 Å². The Balaban J connectivity index is 1.61. The van der Waals surface area contributed by atoms with Crippen LogP contribution in [0.2, 0.25) is 0 Å². The summed E-state index contributed by atoms with van der Waals surface area (Å²) in [5.74, 6) is 0.683. The molecule has 1 saturated heterocycles. The first kappa shape index (κ1) is 16.4. The first-order chi connectivity index (χ1) is 12.2. The zero-order valence-electron chi connectivity index (χ0n) is 14.5. The quantitative estimate of drug-likeness (QED) is 0.726. The van der Waals surface area contributed by atoms with Gasteiger partial charge in [0.25, 0.3) is 0 Å². The van der Waals surface area contributed by atoms with E-state index in [-0.39, 0.29) is 0 Å². The maximum atomic E-state index is 4.74. The second kappa shape index (κ2) is 7.01. The van der Waals surface area contributed by atoms with Crippen LogP contribution in [0.3, 0.4) is 0 Å². The number of nitrogens with one attached hydrogen (secondary N) is 1. The third kappa shape index (κ3) is 3.34. The van der Waals surface area contributed by atoms with Gasteiger partial charge in [0.2, 0.25) is 5.95 Å². The molecular weight excluding hydrogens is 332 g/mol. The number of nitrogens with zero attached hydrogens (tertiary/aromatic N) is 5. The third-order valence-electron chi connectivity index (χ3n) is 4.69. The van der Waals surface area contributed by atoms with E-state index in [2.05, 4.69) is 38.8 Å². The molecule has 0 aliphatic carbocycles. The summed E-state index contributed by atoms with van der Waals surface area (Å²) in [6.07, 6.45) is 8.07. The Labute approximate surface area is 151 Å². The first-order valence-electron chi connectivity index (χ1n) is 8.57. The number of piperidine rings is 1. The van der Waals surface area contributed by atoms with Crippen molar-refractivity contribution in [3.63, 3.8) is 0 Å². The Morgan fingerprint density at radius 1 is 1.20 bits per heavy atom. The molecule has 25 heavy (non-hydrogen) atoms. The molecule has 7 heteroatoms. The number of aryl methyl sites for hydroxylation is 1. The Kier molecular flexibility index (Phi) is 4.59.